The van der Waals surface area contributed by atoms with E-state index >= 15 is 0 Å². The second-order valence-electron chi connectivity index (χ2n) is 2.60. The van der Waals surface area contributed by atoms with Crippen molar-refractivity contribution in [2.24, 2.45) is 0 Å². The highest BCUT2D eigenvalue weighted by molar-refractivity contribution is 14.1. The molecule has 0 bridgehead atoms. The van der Waals surface area contributed by atoms with Crippen LogP contribution in [0.1, 0.15) is 0 Å². The smallest absolute Gasteiger partial charge is 0.492 e. The molecule has 10 heteroatoms. The maximum Gasteiger partial charge on any atom is 0.573 e. The van der Waals surface area contributed by atoms with Gasteiger partial charge in [-0.15, -0.1) is 13.2 Å². The maximum atomic E-state index is 12.1. The van der Waals surface area contributed by atoms with Gasteiger partial charge in [0.2, 0.25) is 3.70 Å². The monoisotopic (exact) mass is 364 g/mol. The van der Waals surface area contributed by atoms with Crippen molar-refractivity contribution >= 4 is 28.4 Å². The molecular weight excluding hydrogens is 360 g/mol. The number of ether oxygens (including phenoxy) is 2. The van der Waals surface area contributed by atoms with Gasteiger partial charge in [0.25, 0.3) is 5.75 Å². The molecule has 0 amide bonds. The van der Waals surface area contributed by atoms with Crippen molar-refractivity contribution in [2.45, 2.75) is 6.36 Å². The minimum atomic E-state index is -5.06. The zero-order chi connectivity index (χ0) is 13.2. The SMILES string of the molecule is COc1cc(I)nc([N+](=O)[O-])c1OC(F)(F)F. The molecule has 0 aliphatic rings. The molecule has 1 rings (SSSR count). The van der Waals surface area contributed by atoms with E-state index in [-0.39, 0.29) is 3.70 Å². The summed E-state index contributed by atoms with van der Waals surface area (Å²) in [5.74, 6) is -2.52. The highest BCUT2D eigenvalue weighted by Gasteiger charge is 2.37. The fourth-order valence-electron chi connectivity index (χ4n) is 0.955. The van der Waals surface area contributed by atoms with Crippen LogP contribution in [0, 0.1) is 13.8 Å². The lowest BCUT2D eigenvalue weighted by molar-refractivity contribution is -0.393. The van der Waals surface area contributed by atoms with Crippen LogP contribution in [-0.4, -0.2) is 23.4 Å². The summed E-state index contributed by atoms with van der Waals surface area (Å²) in [6, 6.07) is 1.09. The number of hydrogen-bond donors (Lipinski definition) is 0. The Labute approximate surface area is 106 Å². The first-order chi connectivity index (χ1) is 7.74. The number of halogens is 4. The highest BCUT2D eigenvalue weighted by atomic mass is 127. The zero-order valence-corrected chi connectivity index (χ0v) is 10.3. The van der Waals surface area contributed by atoms with E-state index in [2.05, 4.69) is 14.5 Å². The van der Waals surface area contributed by atoms with Gasteiger partial charge in [0, 0.05) is 28.7 Å². The average Bonchev–Trinajstić information content (AvgIpc) is 2.17. The topological polar surface area (TPSA) is 74.5 Å². The molecule has 0 atom stereocenters. The molecule has 0 aliphatic heterocycles. The number of aromatic nitrogens is 1. The molecule has 0 saturated carbocycles. The fraction of sp³-hybridized carbons (Fsp3) is 0.286. The van der Waals surface area contributed by atoms with Crippen LogP contribution < -0.4 is 9.47 Å². The quantitative estimate of drug-likeness (QED) is 0.357. The highest BCUT2D eigenvalue weighted by Crippen LogP contribution is 2.39. The summed E-state index contributed by atoms with van der Waals surface area (Å²) in [4.78, 5) is 12.8. The summed E-state index contributed by atoms with van der Waals surface area (Å²) in [5.41, 5.74) is 0. The van der Waals surface area contributed by atoms with E-state index in [1.807, 2.05) is 0 Å². The lowest BCUT2D eigenvalue weighted by atomic mass is 10.4. The third-order valence-electron chi connectivity index (χ3n) is 1.50. The standard InChI is InChI=1S/C7H4F3IN2O4/c1-16-3-2-4(11)12-6(13(14)15)5(3)17-7(8,9)10/h2H,1H3. The molecule has 0 spiro atoms. The van der Waals surface area contributed by atoms with Crippen LogP contribution in [0.2, 0.25) is 0 Å². The lowest BCUT2D eigenvalue weighted by Gasteiger charge is -2.11. The van der Waals surface area contributed by atoms with Gasteiger partial charge in [-0.2, -0.15) is 0 Å². The Balaban J connectivity index is 3.37. The summed E-state index contributed by atoms with van der Waals surface area (Å²) in [6.07, 6.45) is -5.06. The van der Waals surface area contributed by atoms with Gasteiger partial charge in [0.05, 0.1) is 7.11 Å². The van der Waals surface area contributed by atoms with Gasteiger partial charge >= 0.3 is 12.2 Å². The molecule has 1 heterocycles. The normalized spacial score (nSPS) is 11.1. The molecule has 0 aromatic carbocycles. The van der Waals surface area contributed by atoms with E-state index in [0.717, 1.165) is 13.2 Å². The van der Waals surface area contributed by atoms with Crippen LogP contribution in [0.25, 0.3) is 0 Å². The Kier molecular flexibility index (Phi) is 3.95. The Morgan fingerprint density at radius 1 is 1.53 bits per heavy atom. The molecule has 0 aliphatic carbocycles. The van der Waals surface area contributed by atoms with Crippen LogP contribution in [-0.2, 0) is 0 Å². The van der Waals surface area contributed by atoms with Gasteiger partial charge in [-0.3, -0.25) is 0 Å². The summed E-state index contributed by atoms with van der Waals surface area (Å²) in [6.45, 7) is 0. The molecule has 17 heavy (non-hydrogen) atoms. The number of alkyl halides is 3. The molecule has 94 valence electrons. The molecule has 0 N–H and O–H groups in total. The van der Waals surface area contributed by atoms with Gasteiger partial charge in [0.1, 0.15) is 0 Å². The number of pyridine rings is 1. The van der Waals surface area contributed by atoms with Crippen molar-refractivity contribution in [3.8, 4) is 11.5 Å². The Morgan fingerprint density at radius 2 is 2.12 bits per heavy atom. The van der Waals surface area contributed by atoms with Gasteiger partial charge in [0.15, 0.2) is 5.75 Å². The Morgan fingerprint density at radius 3 is 2.53 bits per heavy atom. The molecule has 0 saturated heterocycles. The van der Waals surface area contributed by atoms with Crippen molar-refractivity contribution in [1.29, 1.82) is 0 Å². The van der Waals surface area contributed by atoms with Gasteiger partial charge in [-0.1, -0.05) is 0 Å². The molecule has 0 radical (unpaired) electrons. The number of hydrogen-bond acceptors (Lipinski definition) is 5. The van der Waals surface area contributed by atoms with E-state index < -0.39 is 28.6 Å². The maximum absolute atomic E-state index is 12.1. The van der Waals surface area contributed by atoms with Crippen molar-refractivity contribution in [3.05, 3.63) is 19.9 Å². The lowest BCUT2D eigenvalue weighted by Crippen LogP contribution is -2.19. The molecule has 1 aromatic heterocycles. The molecule has 0 unspecified atom stereocenters. The first-order valence-electron chi connectivity index (χ1n) is 3.89. The second kappa shape index (κ2) is 4.89. The first-order valence-corrected chi connectivity index (χ1v) is 4.97. The Bertz CT molecular complexity index is 451. The van der Waals surface area contributed by atoms with Crippen LogP contribution in [0.5, 0.6) is 11.5 Å². The van der Waals surface area contributed by atoms with Crippen LogP contribution in [0.3, 0.4) is 0 Å². The number of nitro groups is 1. The predicted molar refractivity (Wildman–Crippen MR) is 56.8 cm³/mol. The van der Waals surface area contributed by atoms with Crippen LogP contribution >= 0.6 is 22.6 Å². The second-order valence-corrected chi connectivity index (χ2v) is 3.71. The van der Waals surface area contributed by atoms with Crippen molar-refractivity contribution in [3.63, 3.8) is 0 Å². The number of nitrogens with zero attached hydrogens (tertiary/aromatic N) is 2. The minimum Gasteiger partial charge on any atom is -0.492 e. The average molecular weight is 364 g/mol. The van der Waals surface area contributed by atoms with E-state index in [9.17, 15) is 23.3 Å². The number of methoxy groups -OCH3 is 1. The van der Waals surface area contributed by atoms with Gasteiger partial charge < -0.3 is 19.6 Å². The van der Waals surface area contributed by atoms with Gasteiger partial charge in [-0.05, 0) is 9.91 Å². The summed E-state index contributed by atoms with van der Waals surface area (Å²) in [5, 5.41) is 10.6. The van der Waals surface area contributed by atoms with Crippen LogP contribution in [0.15, 0.2) is 6.07 Å². The third kappa shape index (κ3) is 3.57. The minimum absolute atomic E-state index is 0.112. The third-order valence-corrected chi connectivity index (χ3v) is 2.05. The van der Waals surface area contributed by atoms with Crippen molar-refractivity contribution < 1.29 is 27.6 Å². The zero-order valence-electron chi connectivity index (χ0n) is 8.12. The summed E-state index contributed by atoms with van der Waals surface area (Å²) in [7, 11) is 1.07. The van der Waals surface area contributed by atoms with E-state index in [1.165, 1.54) is 0 Å². The van der Waals surface area contributed by atoms with Crippen molar-refractivity contribution in [2.75, 3.05) is 7.11 Å². The van der Waals surface area contributed by atoms with Gasteiger partial charge in [-0.25, -0.2) is 0 Å². The molecular formula is C7H4F3IN2O4. The molecule has 1 aromatic rings. The molecule has 6 nitrogen and oxygen atoms in total. The summed E-state index contributed by atoms with van der Waals surface area (Å²) >= 11 is 1.61. The van der Waals surface area contributed by atoms with Crippen LogP contribution in [0.4, 0.5) is 19.0 Å². The first kappa shape index (κ1) is 13.7. The number of rotatable bonds is 3. The fourth-order valence-corrected chi connectivity index (χ4v) is 1.47. The van der Waals surface area contributed by atoms with E-state index in [1.54, 1.807) is 22.6 Å². The van der Waals surface area contributed by atoms with E-state index in [4.69, 9.17) is 0 Å². The summed E-state index contributed by atoms with van der Waals surface area (Å²) < 4.78 is 44.5. The van der Waals surface area contributed by atoms with Crippen molar-refractivity contribution in [1.82, 2.24) is 4.98 Å². The largest absolute Gasteiger partial charge is 0.573 e. The van der Waals surface area contributed by atoms with E-state index in [0.29, 0.717) is 0 Å². The Hall–Kier alpha value is -1.33. The predicted octanol–water partition coefficient (Wildman–Crippen LogP) is 2.50. The molecule has 0 fully saturated rings.